The summed E-state index contributed by atoms with van der Waals surface area (Å²) in [6.45, 7) is 0. The smallest absolute Gasteiger partial charge is 0.0580 e. The third-order valence-electron chi connectivity index (χ3n) is 13.2. The molecule has 276 valence electrons. The van der Waals surface area contributed by atoms with Gasteiger partial charge in [0, 0.05) is 71.6 Å². The van der Waals surface area contributed by atoms with E-state index in [0.29, 0.717) is 0 Å². The molecule has 10 aromatic rings. The average molecular weight is 745 g/mol. The van der Waals surface area contributed by atoms with Crippen LogP contribution in [0.3, 0.4) is 0 Å². The third kappa shape index (κ3) is 4.40. The maximum absolute atomic E-state index is 2.63. The third-order valence-corrected chi connectivity index (χ3v) is 13.2. The van der Waals surface area contributed by atoms with Crippen molar-refractivity contribution in [2.75, 3.05) is 0 Å². The number of hydrogen-bond acceptors (Lipinski definition) is 0. The SMILES string of the molecule is C1=CCCC(n2c3ccccc3c3cc4c5ccccc5n(C5C=C(n6c7c(c8c9c%10ccccc%10n(-c%10ccccc%10)c9ccc86)C=CCC7)C=CC5)c4cc32)=C1. The molecule has 13 rings (SSSR count). The number of para-hydroxylation sites is 4. The molecule has 1 atom stereocenters. The molecule has 0 spiro atoms. The number of fused-ring (bicyclic) bond motifs is 13. The van der Waals surface area contributed by atoms with Gasteiger partial charge < -0.3 is 18.3 Å². The van der Waals surface area contributed by atoms with Crippen LogP contribution in [0.15, 0.2) is 170 Å². The van der Waals surface area contributed by atoms with Crippen molar-refractivity contribution in [2.45, 2.75) is 38.1 Å². The first-order valence-corrected chi connectivity index (χ1v) is 20.8. The van der Waals surface area contributed by atoms with Gasteiger partial charge in [-0.3, -0.25) is 0 Å². The molecule has 0 bridgehead atoms. The normalized spacial score (nSPS) is 16.8. The van der Waals surface area contributed by atoms with E-state index in [-0.39, 0.29) is 6.04 Å². The fourth-order valence-corrected chi connectivity index (χ4v) is 10.8. The van der Waals surface area contributed by atoms with Gasteiger partial charge in [-0.25, -0.2) is 0 Å². The van der Waals surface area contributed by atoms with Crippen molar-refractivity contribution in [3.8, 4) is 5.69 Å². The molecule has 0 saturated carbocycles. The Labute approximate surface area is 335 Å². The second kappa shape index (κ2) is 12.2. The number of hydrogen-bond donors (Lipinski definition) is 0. The minimum absolute atomic E-state index is 0.144. The largest absolute Gasteiger partial charge is 0.333 e. The van der Waals surface area contributed by atoms with Gasteiger partial charge in [-0.05, 0) is 105 Å². The Morgan fingerprint density at radius 1 is 0.466 bits per heavy atom. The Morgan fingerprint density at radius 2 is 1.16 bits per heavy atom. The minimum Gasteiger partial charge on any atom is -0.333 e. The van der Waals surface area contributed by atoms with Crippen LogP contribution in [0.5, 0.6) is 0 Å². The van der Waals surface area contributed by atoms with Gasteiger partial charge >= 0.3 is 0 Å². The zero-order valence-electron chi connectivity index (χ0n) is 32.1. The molecule has 58 heavy (non-hydrogen) atoms. The van der Waals surface area contributed by atoms with Crippen molar-refractivity contribution < 1.29 is 0 Å². The molecule has 0 N–H and O–H groups in total. The van der Waals surface area contributed by atoms with Crippen LogP contribution in [0.2, 0.25) is 0 Å². The second-order valence-corrected chi connectivity index (χ2v) is 16.2. The quantitative estimate of drug-likeness (QED) is 0.171. The molecule has 4 heterocycles. The zero-order chi connectivity index (χ0) is 37.9. The number of allylic oxidation sites excluding steroid dienone is 9. The van der Waals surface area contributed by atoms with Crippen LogP contribution in [-0.2, 0) is 6.42 Å². The molecule has 4 heteroatoms. The van der Waals surface area contributed by atoms with Gasteiger partial charge in [-0.1, -0.05) is 103 Å². The topological polar surface area (TPSA) is 19.7 Å². The van der Waals surface area contributed by atoms with E-state index in [1.54, 1.807) is 0 Å². The molecule has 0 radical (unpaired) electrons. The molecule has 0 amide bonds. The standard InChI is InChI=1S/C54H40N4/c1-3-16-35(17-4-1)55-47-28-13-9-24-41(47)53-49(55)30-31-50-54(53)42-25-10-14-29-48(42)57(50)37-20-15-21-38(32-37)58-46-27-12-8-23-40(46)44-33-43-39-22-7-11-26-45(39)56(51(43)34-52(44)58)36-18-5-2-6-19-36/h1-5,7-13,15-18,20,22-28,30-34,38H,6,14,19,21,29H2. The highest BCUT2D eigenvalue weighted by Crippen LogP contribution is 2.45. The van der Waals surface area contributed by atoms with E-state index in [4.69, 9.17) is 0 Å². The molecule has 3 aliphatic carbocycles. The fourth-order valence-electron chi connectivity index (χ4n) is 10.8. The summed E-state index contributed by atoms with van der Waals surface area (Å²) in [5, 5.41) is 9.25. The Hall–Kier alpha value is -7.04. The number of nitrogens with zero attached hydrogens (tertiary/aromatic N) is 4. The van der Waals surface area contributed by atoms with Crippen LogP contribution in [0.1, 0.15) is 43.0 Å². The molecule has 4 nitrogen and oxygen atoms in total. The van der Waals surface area contributed by atoms with Crippen molar-refractivity contribution in [2.24, 2.45) is 0 Å². The highest BCUT2D eigenvalue weighted by molar-refractivity contribution is 6.24. The van der Waals surface area contributed by atoms with Crippen LogP contribution in [-0.4, -0.2) is 18.3 Å². The molecule has 0 saturated heterocycles. The van der Waals surface area contributed by atoms with Crippen molar-refractivity contribution in [3.63, 3.8) is 0 Å². The van der Waals surface area contributed by atoms with E-state index in [2.05, 4.69) is 194 Å². The van der Waals surface area contributed by atoms with Gasteiger partial charge in [0.25, 0.3) is 0 Å². The van der Waals surface area contributed by atoms with E-state index in [1.165, 1.54) is 105 Å². The van der Waals surface area contributed by atoms with E-state index in [9.17, 15) is 0 Å². The molecule has 3 aliphatic rings. The van der Waals surface area contributed by atoms with Crippen molar-refractivity contribution >= 4 is 93.8 Å². The minimum atomic E-state index is 0.144. The maximum Gasteiger partial charge on any atom is 0.0580 e. The van der Waals surface area contributed by atoms with Crippen LogP contribution >= 0.6 is 0 Å². The maximum atomic E-state index is 2.63. The van der Waals surface area contributed by atoms with Gasteiger partial charge in [0.05, 0.1) is 39.1 Å². The summed E-state index contributed by atoms with van der Waals surface area (Å²) >= 11 is 0. The lowest BCUT2D eigenvalue weighted by Crippen LogP contribution is -2.12. The predicted molar refractivity (Wildman–Crippen MR) is 246 cm³/mol. The number of benzene rings is 6. The van der Waals surface area contributed by atoms with E-state index in [0.717, 1.165) is 32.1 Å². The van der Waals surface area contributed by atoms with Crippen LogP contribution in [0.25, 0.3) is 99.5 Å². The summed E-state index contributed by atoms with van der Waals surface area (Å²) in [5.41, 5.74) is 15.5. The fraction of sp³-hybridized carbons (Fsp3) is 0.111. The first-order chi connectivity index (χ1) is 28.8. The summed E-state index contributed by atoms with van der Waals surface area (Å²) in [6, 6.07) is 47.6. The first kappa shape index (κ1) is 32.1. The lowest BCUT2D eigenvalue weighted by molar-refractivity contribution is 0.646. The van der Waals surface area contributed by atoms with Crippen molar-refractivity contribution in [1.82, 2.24) is 18.3 Å². The highest BCUT2D eigenvalue weighted by Gasteiger charge is 2.27. The van der Waals surface area contributed by atoms with Crippen LogP contribution in [0.4, 0.5) is 0 Å². The Bertz CT molecular complexity index is 3530. The summed E-state index contributed by atoms with van der Waals surface area (Å²) < 4.78 is 10.2. The lowest BCUT2D eigenvalue weighted by atomic mass is 9.99. The van der Waals surface area contributed by atoms with E-state index < -0.39 is 0 Å². The molecule has 6 aromatic carbocycles. The van der Waals surface area contributed by atoms with Gasteiger partial charge in [-0.2, -0.15) is 0 Å². The van der Waals surface area contributed by atoms with Gasteiger partial charge in [0.15, 0.2) is 0 Å². The van der Waals surface area contributed by atoms with Gasteiger partial charge in [0.1, 0.15) is 0 Å². The number of aromatic nitrogens is 4. The molecular weight excluding hydrogens is 705 g/mol. The number of rotatable bonds is 4. The van der Waals surface area contributed by atoms with E-state index >= 15 is 0 Å². The predicted octanol–water partition coefficient (Wildman–Crippen LogP) is 14.1. The summed E-state index contributed by atoms with van der Waals surface area (Å²) in [4.78, 5) is 0. The second-order valence-electron chi connectivity index (χ2n) is 16.2. The van der Waals surface area contributed by atoms with Gasteiger partial charge in [0.2, 0.25) is 0 Å². The van der Waals surface area contributed by atoms with Gasteiger partial charge in [-0.15, -0.1) is 0 Å². The molecule has 1 unspecified atom stereocenters. The molecule has 0 aliphatic heterocycles. The first-order valence-electron chi connectivity index (χ1n) is 20.8. The van der Waals surface area contributed by atoms with Crippen molar-refractivity contribution in [3.05, 3.63) is 181 Å². The monoisotopic (exact) mass is 744 g/mol. The Morgan fingerprint density at radius 3 is 1.97 bits per heavy atom. The lowest BCUT2D eigenvalue weighted by Gasteiger charge is -2.23. The van der Waals surface area contributed by atoms with E-state index in [1.807, 2.05) is 0 Å². The molecule has 0 fully saturated rings. The highest BCUT2D eigenvalue weighted by atomic mass is 15.1. The van der Waals surface area contributed by atoms with Crippen LogP contribution < -0.4 is 0 Å². The Kier molecular flexibility index (Phi) is 6.77. The molecular formula is C54H40N4. The Balaban J connectivity index is 1.06. The van der Waals surface area contributed by atoms with Crippen molar-refractivity contribution in [1.29, 1.82) is 0 Å². The zero-order valence-corrected chi connectivity index (χ0v) is 32.1. The summed E-state index contributed by atoms with van der Waals surface area (Å²) in [6.07, 6.45) is 24.0. The van der Waals surface area contributed by atoms with Crippen LogP contribution in [0, 0.1) is 0 Å². The molecule has 4 aromatic heterocycles. The summed E-state index contributed by atoms with van der Waals surface area (Å²) in [7, 11) is 0. The average Bonchev–Trinajstić information content (AvgIpc) is 4.01. The summed E-state index contributed by atoms with van der Waals surface area (Å²) in [5.74, 6) is 0.